The Balaban J connectivity index is 1.41. The molecule has 4 aromatic rings. The molecule has 0 saturated heterocycles. The number of aromatic nitrogens is 5. The summed E-state index contributed by atoms with van der Waals surface area (Å²) in [6.07, 6.45) is 3.98. The second-order valence-electron chi connectivity index (χ2n) is 7.16. The Morgan fingerprint density at radius 3 is 2.70 bits per heavy atom. The fourth-order valence-electron chi connectivity index (χ4n) is 3.91. The minimum Gasteiger partial charge on any atom is -0.466 e. The molecule has 2 aliphatic heterocycles. The highest BCUT2D eigenvalue weighted by Crippen LogP contribution is 2.33. The first kappa shape index (κ1) is 17.7. The predicted molar refractivity (Wildman–Crippen MR) is 113 cm³/mol. The molecule has 1 atom stereocenters. The Morgan fingerprint density at radius 2 is 1.83 bits per heavy atom. The summed E-state index contributed by atoms with van der Waals surface area (Å²) in [4.78, 5) is 9.28. The fraction of sp³-hybridized carbons (Fsp3) is 0.143. The molecule has 2 aromatic heterocycles. The zero-order chi connectivity index (χ0) is 20.2. The monoisotopic (exact) mass is 436 g/mol. The molecular formula is C21H14Cl2N6O. The van der Waals surface area contributed by atoms with Gasteiger partial charge in [-0.05, 0) is 35.9 Å². The molecule has 0 amide bonds. The van der Waals surface area contributed by atoms with Crippen LogP contribution in [0.1, 0.15) is 28.7 Å². The molecule has 2 aromatic carbocycles. The maximum Gasteiger partial charge on any atom is 0.238 e. The van der Waals surface area contributed by atoms with E-state index in [0.29, 0.717) is 28.9 Å². The highest BCUT2D eigenvalue weighted by atomic mass is 35.5. The number of imidazole rings is 1. The van der Waals surface area contributed by atoms with Gasteiger partial charge in [0.15, 0.2) is 0 Å². The second-order valence-corrected chi connectivity index (χ2v) is 8.03. The lowest BCUT2D eigenvalue weighted by Gasteiger charge is -2.12. The van der Waals surface area contributed by atoms with Crippen LogP contribution in [0.5, 0.6) is 0 Å². The Labute approximate surface area is 181 Å². The van der Waals surface area contributed by atoms with Crippen molar-refractivity contribution in [3.63, 3.8) is 0 Å². The van der Waals surface area contributed by atoms with Gasteiger partial charge in [0.25, 0.3) is 0 Å². The number of hydrogen-bond donors (Lipinski definition) is 0. The van der Waals surface area contributed by atoms with Gasteiger partial charge in [-0.15, -0.1) is 5.10 Å². The average Bonchev–Trinajstić information content (AvgIpc) is 3.48. The third kappa shape index (κ3) is 2.74. The number of halogens is 2. The lowest BCUT2D eigenvalue weighted by molar-refractivity contribution is 0.229. The molecule has 0 radical (unpaired) electrons. The molecule has 0 aliphatic carbocycles. The van der Waals surface area contributed by atoms with E-state index < -0.39 is 0 Å². The third-order valence-corrected chi connectivity index (χ3v) is 5.85. The van der Waals surface area contributed by atoms with E-state index in [2.05, 4.69) is 20.3 Å². The van der Waals surface area contributed by atoms with E-state index in [1.54, 1.807) is 12.5 Å². The van der Waals surface area contributed by atoms with E-state index in [4.69, 9.17) is 27.9 Å². The Kier molecular flexibility index (Phi) is 3.94. The molecule has 9 heteroatoms. The van der Waals surface area contributed by atoms with Crippen LogP contribution < -0.4 is 0 Å². The van der Waals surface area contributed by atoms with Crippen molar-refractivity contribution in [2.45, 2.75) is 12.5 Å². The van der Waals surface area contributed by atoms with Gasteiger partial charge in [-0.2, -0.15) is 0 Å². The standard InChI is InChI=1S/C21H14Cl2N6O/c22-13-3-1-12(2-4-13)19-10-24-21(30-19)20-18-8-15-9-26-27-29(15)17-7-14(23)5-6-16(17)28(18)11-25-20/h1-7,9,11,19H,8,10H2/t19-/m0/s1. The van der Waals surface area contributed by atoms with Gasteiger partial charge >= 0.3 is 0 Å². The number of aliphatic imine (C=N–C) groups is 1. The van der Waals surface area contributed by atoms with Gasteiger partial charge in [0.1, 0.15) is 18.1 Å². The third-order valence-electron chi connectivity index (χ3n) is 5.36. The molecule has 0 spiro atoms. The van der Waals surface area contributed by atoms with Crippen molar-refractivity contribution in [1.29, 1.82) is 0 Å². The van der Waals surface area contributed by atoms with Crippen LogP contribution in [0, 0.1) is 0 Å². The van der Waals surface area contributed by atoms with Crippen LogP contribution in [-0.4, -0.2) is 37.0 Å². The maximum atomic E-state index is 6.25. The van der Waals surface area contributed by atoms with Crippen LogP contribution in [0.15, 0.2) is 60.0 Å². The van der Waals surface area contributed by atoms with Crippen LogP contribution in [0.4, 0.5) is 0 Å². The van der Waals surface area contributed by atoms with E-state index in [1.165, 1.54) is 0 Å². The van der Waals surface area contributed by atoms with Crippen LogP contribution in [0.25, 0.3) is 11.4 Å². The summed E-state index contributed by atoms with van der Waals surface area (Å²) in [5.41, 5.74) is 5.44. The molecule has 0 bridgehead atoms. The molecule has 30 heavy (non-hydrogen) atoms. The van der Waals surface area contributed by atoms with Crippen molar-refractivity contribution in [3.05, 3.63) is 87.7 Å². The molecule has 7 nitrogen and oxygen atoms in total. The summed E-state index contributed by atoms with van der Waals surface area (Å²) in [6.45, 7) is 0.537. The molecule has 4 heterocycles. The molecular weight excluding hydrogens is 423 g/mol. The highest BCUT2D eigenvalue weighted by Gasteiger charge is 2.30. The molecule has 2 aliphatic rings. The first-order valence-corrected chi connectivity index (χ1v) is 10.2. The second kappa shape index (κ2) is 6.68. The predicted octanol–water partition coefficient (Wildman–Crippen LogP) is 4.18. The maximum absolute atomic E-state index is 6.25. The molecule has 0 fully saturated rings. The first-order valence-electron chi connectivity index (χ1n) is 9.40. The summed E-state index contributed by atoms with van der Waals surface area (Å²) in [7, 11) is 0. The summed E-state index contributed by atoms with van der Waals surface area (Å²) in [5, 5.41) is 9.66. The Bertz CT molecular complexity index is 1310. The average molecular weight is 437 g/mol. The first-order chi connectivity index (χ1) is 14.7. The van der Waals surface area contributed by atoms with Crippen LogP contribution >= 0.6 is 23.2 Å². The van der Waals surface area contributed by atoms with Gasteiger partial charge in [0.2, 0.25) is 5.90 Å². The zero-order valence-electron chi connectivity index (χ0n) is 15.5. The van der Waals surface area contributed by atoms with Crippen LogP contribution in [0.2, 0.25) is 10.0 Å². The van der Waals surface area contributed by atoms with E-state index in [9.17, 15) is 0 Å². The molecule has 0 N–H and O–H groups in total. The van der Waals surface area contributed by atoms with E-state index >= 15 is 0 Å². The summed E-state index contributed by atoms with van der Waals surface area (Å²) < 4.78 is 10.0. The summed E-state index contributed by atoms with van der Waals surface area (Å²) in [5.74, 6) is 0.542. The molecule has 148 valence electrons. The number of ether oxygens (including phenoxy) is 1. The van der Waals surface area contributed by atoms with Crippen molar-refractivity contribution < 1.29 is 4.74 Å². The minimum absolute atomic E-state index is 0.154. The normalized spacial score (nSPS) is 16.9. The highest BCUT2D eigenvalue weighted by molar-refractivity contribution is 6.31. The van der Waals surface area contributed by atoms with E-state index in [0.717, 1.165) is 34.0 Å². The number of nitrogens with zero attached hydrogens (tertiary/aromatic N) is 6. The van der Waals surface area contributed by atoms with Crippen LogP contribution in [-0.2, 0) is 11.2 Å². The Morgan fingerprint density at radius 1 is 1.00 bits per heavy atom. The van der Waals surface area contributed by atoms with Crippen molar-refractivity contribution in [2.24, 2.45) is 4.99 Å². The van der Waals surface area contributed by atoms with Crippen molar-refractivity contribution in [1.82, 2.24) is 24.5 Å². The van der Waals surface area contributed by atoms with Crippen molar-refractivity contribution in [2.75, 3.05) is 6.54 Å². The van der Waals surface area contributed by atoms with Crippen molar-refractivity contribution in [3.8, 4) is 11.4 Å². The summed E-state index contributed by atoms with van der Waals surface area (Å²) >= 11 is 12.3. The molecule has 0 unspecified atom stereocenters. The van der Waals surface area contributed by atoms with Gasteiger partial charge in [-0.3, -0.25) is 4.57 Å². The Hall–Kier alpha value is -3.16. The largest absolute Gasteiger partial charge is 0.466 e. The number of hydrogen-bond acceptors (Lipinski definition) is 5. The smallest absolute Gasteiger partial charge is 0.238 e. The van der Waals surface area contributed by atoms with E-state index in [1.807, 2.05) is 51.7 Å². The van der Waals surface area contributed by atoms with Crippen LogP contribution in [0.3, 0.4) is 0 Å². The number of rotatable bonds is 2. The fourth-order valence-corrected chi connectivity index (χ4v) is 4.20. The van der Waals surface area contributed by atoms with Gasteiger partial charge in [-0.1, -0.05) is 40.5 Å². The molecule has 6 rings (SSSR count). The topological polar surface area (TPSA) is 70.1 Å². The molecule has 0 saturated carbocycles. The lowest BCUT2D eigenvalue weighted by atomic mass is 10.1. The van der Waals surface area contributed by atoms with Gasteiger partial charge in [0.05, 0.1) is 35.5 Å². The SMILES string of the molecule is Clc1ccc([C@@H]2CN=C(c3ncn4c3Cc3cnnn3-c3cc(Cl)ccc3-4)O2)cc1. The van der Waals surface area contributed by atoms with Crippen molar-refractivity contribution >= 4 is 29.1 Å². The van der Waals surface area contributed by atoms with E-state index in [-0.39, 0.29) is 6.10 Å². The minimum atomic E-state index is -0.154. The number of fused-ring (bicyclic) bond motifs is 5. The summed E-state index contributed by atoms with van der Waals surface area (Å²) in [6, 6.07) is 13.3. The lowest BCUT2D eigenvalue weighted by Crippen LogP contribution is -2.10. The zero-order valence-corrected chi connectivity index (χ0v) is 17.0. The van der Waals surface area contributed by atoms with Gasteiger partial charge in [-0.25, -0.2) is 14.7 Å². The van der Waals surface area contributed by atoms with Gasteiger partial charge < -0.3 is 4.74 Å². The van der Waals surface area contributed by atoms with Gasteiger partial charge in [0, 0.05) is 16.5 Å². The number of benzene rings is 2. The quantitative estimate of drug-likeness (QED) is 0.416.